The number of primary amides is 1. The summed E-state index contributed by atoms with van der Waals surface area (Å²) in [4.78, 5) is 23.2. The summed E-state index contributed by atoms with van der Waals surface area (Å²) in [6.45, 7) is 4.02. The Bertz CT molecular complexity index is 751. The van der Waals surface area contributed by atoms with Gasteiger partial charge >= 0.3 is 0 Å². The lowest BCUT2D eigenvalue weighted by Gasteiger charge is -2.10. The first-order valence-corrected chi connectivity index (χ1v) is 7.32. The molecule has 0 saturated heterocycles. The Morgan fingerprint density at radius 2 is 2.13 bits per heavy atom. The van der Waals surface area contributed by atoms with Crippen LogP contribution in [-0.4, -0.2) is 27.7 Å². The van der Waals surface area contributed by atoms with Gasteiger partial charge in [-0.2, -0.15) is 5.10 Å². The molecule has 0 unspecified atom stereocenters. The van der Waals surface area contributed by atoms with Gasteiger partial charge < -0.3 is 15.8 Å². The van der Waals surface area contributed by atoms with Crippen LogP contribution in [0.3, 0.4) is 0 Å². The summed E-state index contributed by atoms with van der Waals surface area (Å²) in [6.07, 6.45) is 1.54. The molecule has 1 aromatic heterocycles. The van der Waals surface area contributed by atoms with Gasteiger partial charge in [0.15, 0.2) is 11.9 Å². The number of nitrogens with zero attached hydrogens (tertiary/aromatic N) is 2. The molecule has 3 N–H and O–H groups in total. The monoisotopic (exact) mass is 314 g/mol. The molecule has 0 saturated carbocycles. The zero-order valence-corrected chi connectivity index (χ0v) is 13.0. The van der Waals surface area contributed by atoms with Crippen molar-refractivity contribution in [3.8, 4) is 5.75 Å². The number of carbonyl (C=O) groups excluding carboxylic acids is 2. The van der Waals surface area contributed by atoms with Crippen LogP contribution in [0.2, 0.25) is 0 Å². The van der Waals surface area contributed by atoms with Crippen LogP contribution in [0, 0.1) is 13.8 Å². The molecule has 7 heteroatoms. The molecule has 2 amide bonds. The molecule has 1 aliphatic rings. The molecule has 0 bridgehead atoms. The van der Waals surface area contributed by atoms with E-state index in [4.69, 9.17) is 10.5 Å². The van der Waals surface area contributed by atoms with E-state index >= 15 is 0 Å². The highest BCUT2D eigenvalue weighted by Crippen LogP contribution is 2.31. The number of anilines is 1. The maximum atomic E-state index is 12.3. The van der Waals surface area contributed by atoms with Crippen molar-refractivity contribution in [3.05, 3.63) is 41.1 Å². The van der Waals surface area contributed by atoms with E-state index in [-0.39, 0.29) is 12.5 Å². The van der Waals surface area contributed by atoms with Gasteiger partial charge in [-0.25, -0.2) is 0 Å². The number of hydrogen-bond donors (Lipinski definition) is 2. The van der Waals surface area contributed by atoms with E-state index in [2.05, 4.69) is 16.5 Å². The van der Waals surface area contributed by atoms with Gasteiger partial charge in [0.25, 0.3) is 5.91 Å². The number of rotatable bonds is 4. The van der Waals surface area contributed by atoms with Gasteiger partial charge in [0.2, 0.25) is 5.91 Å². The second-order valence-corrected chi connectivity index (χ2v) is 5.71. The predicted molar refractivity (Wildman–Crippen MR) is 84.1 cm³/mol. The first-order chi connectivity index (χ1) is 10.9. The van der Waals surface area contributed by atoms with Crippen LogP contribution < -0.4 is 15.8 Å². The normalized spacial score (nSPS) is 15.8. The van der Waals surface area contributed by atoms with E-state index in [9.17, 15) is 9.59 Å². The number of nitrogens with two attached hydrogens (primary N) is 1. The Morgan fingerprint density at radius 3 is 2.87 bits per heavy atom. The molecular formula is C16H18N4O3. The maximum Gasteiger partial charge on any atom is 0.266 e. The minimum atomic E-state index is -0.576. The highest BCUT2D eigenvalue weighted by atomic mass is 16.5. The van der Waals surface area contributed by atoms with Crippen molar-refractivity contribution in [2.24, 2.45) is 5.73 Å². The summed E-state index contributed by atoms with van der Waals surface area (Å²) >= 11 is 0. The first-order valence-electron chi connectivity index (χ1n) is 7.32. The van der Waals surface area contributed by atoms with Crippen molar-refractivity contribution in [2.45, 2.75) is 32.9 Å². The van der Waals surface area contributed by atoms with Gasteiger partial charge in [-0.3, -0.25) is 14.3 Å². The first kappa shape index (κ1) is 15.1. The predicted octanol–water partition coefficient (Wildman–Crippen LogP) is 0.927. The van der Waals surface area contributed by atoms with Crippen molar-refractivity contribution in [1.29, 1.82) is 0 Å². The summed E-state index contributed by atoms with van der Waals surface area (Å²) in [7, 11) is 0. The molecule has 1 atom stereocenters. The fourth-order valence-corrected chi connectivity index (χ4v) is 2.54. The van der Waals surface area contributed by atoms with E-state index in [1.54, 1.807) is 12.3 Å². The van der Waals surface area contributed by atoms with Crippen molar-refractivity contribution in [1.82, 2.24) is 9.78 Å². The summed E-state index contributed by atoms with van der Waals surface area (Å²) in [5.41, 5.74) is 8.45. The molecule has 23 heavy (non-hydrogen) atoms. The Labute approximate surface area is 133 Å². The molecular weight excluding hydrogens is 296 g/mol. The van der Waals surface area contributed by atoms with Gasteiger partial charge in [-0.1, -0.05) is 6.07 Å². The third kappa shape index (κ3) is 3.18. The molecule has 2 aromatic rings. The topological polar surface area (TPSA) is 99.2 Å². The van der Waals surface area contributed by atoms with Gasteiger partial charge in [0, 0.05) is 18.7 Å². The fourth-order valence-electron chi connectivity index (χ4n) is 2.54. The van der Waals surface area contributed by atoms with E-state index in [1.165, 1.54) is 10.2 Å². The number of ether oxygens (including phenoxy) is 1. The van der Waals surface area contributed by atoms with Crippen LogP contribution in [0.4, 0.5) is 5.82 Å². The van der Waals surface area contributed by atoms with Gasteiger partial charge in [-0.05, 0) is 36.6 Å². The Balaban J connectivity index is 1.66. The number of fused-ring (bicyclic) bond motifs is 1. The third-order valence-corrected chi connectivity index (χ3v) is 3.85. The Morgan fingerprint density at radius 1 is 1.39 bits per heavy atom. The molecule has 3 rings (SSSR count). The quantitative estimate of drug-likeness (QED) is 0.877. The van der Waals surface area contributed by atoms with Crippen LogP contribution in [0.5, 0.6) is 5.75 Å². The highest BCUT2D eigenvalue weighted by molar-refractivity contribution is 5.94. The van der Waals surface area contributed by atoms with Gasteiger partial charge in [-0.15, -0.1) is 0 Å². The van der Waals surface area contributed by atoms with Crippen LogP contribution in [-0.2, 0) is 22.6 Å². The third-order valence-electron chi connectivity index (χ3n) is 3.85. The number of benzene rings is 1. The van der Waals surface area contributed by atoms with E-state index < -0.39 is 12.0 Å². The SMILES string of the molecule is Cc1cc2c(cc1C)O[C@H](C(=O)Nc1ccn(CC(N)=O)n1)C2. The molecule has 0 aliphatic carbocycles. The number of amides is 2. The van der Waals surface area contributed by atoms with Crippen LogP contribution in [0.15, 0.2) is 24.4 Å². The number of hydrogen-bond acceptors (Lipinski definition) is 4. The zero-order chi connectivity index (χ0) is 16.6. The molecule has 1 aromatic carbocycles. The molecule has 0 spiro atoms. The maximum absolute atomic E-state index is 12.3. The second-order valence-electron chi connectivity index (χ2n) is 5.71. The average molecular weight is 314 g/mol. The van der Waals surface area contributed by atoms with Crippen LogP contribution in [0.1, 0.15) is 16.7 Å². The van der Waals surface area contributed by atoms with E-state index in [0.29, 0.717) is 12.2 Å². The molecule has 1 aliphatic heterocycles. The summed E-state index contributed by atoms with van der Waals surface area (Å²) in [5, 5.41) is 6.76. The molecule has 2 heterocycles. The second kappa shape index (κ2) is 5.75. The lowest BCUT2D eigenvalue weighted by Crippen LogP contribution is -2.31. The van der Waals surface area contributed by atoms with Crippen molar-refractivity contribution < 1.29 is 14.3 Å². The number of nitrogens with one attached hydrogen (secondary N) is 1. The number of aromatic nitrogens is 2. The summed E-state index contributed by atoms with van der Waals surface area (Å²) in [6, 6.07) is 5.62. The average Bonchev–Trinajstić information content (AvgIpc) is 3.05. The minimum absolute atomic E-state index is 0.0280. The van der Waals surface area contributed by atoms with Crippen molar-refractivity contribution >= 4 is 17.6 Å². The Kier molecular flexibility index (Phi) is 3.77. The number of aryl methyl sites for hydroxylation is 2. The molecule has 0 radical (unpaired) electrons. The largest absolute Gasteiger partial charge is 0.480 e. The van der Waals surface area contributed by atoms with Crippen LogP contribution in [0.25, 0.3) is 0 Å². The number of carbonyl (C=O) groups is 2. The standard InChI is InChI=1S/C16H18N4O3/c1-9-5-11-7-13(23-12(11)6-10(9)2)16(22)18-15-3-4-20(19-15)8-14(17)21/h3-6,13H,7-8H2,1-2H3,(H2,17,21)(H,18,19,22)/t13-/m0/s1. The minimum Gasteiger partial charge on any atom is -0.480 e. The van der Waals surface area contributed by atoms with Crippen molar-refractivity contribution in [2.75, 3.05) is 5.32 Å². The summed E-state index contributed by atoms with van der Waals surface area (Å²) in [5.74, 6) is 0.364. The molecule has 7 nitrogen and oxygen atoms in total. The highest BCUT2D eigenvalue weighted by Gasteiger charge is 2.30. The lowest BCUT2D eigenvalue weighted by molar-refractivity contribution is -0.122. The van der Waals surface area contributed by atoms with E-state index in [0.717, 1.165) is 16.9 Å². The van der Waals surface area contributed by atoms with Crippen LogP contribution >= 0.6 is 0 Å². The Hall–Kier alpha value is -2.83. The smallest absolute Gasteiger partial charge is 0.266 e. The van der Waals surface area contributed by atoms with Gasteiger partial charge in [0.1, 0.15) is 12.3 Å². The molecule has 120 valence electrons. The van der Waals surface area contributed by atoms with E-state index in [1.807, 2.05) is 19.9 Å². The van der Waals surface area contributed by atoms with Crippen molar-refractivity contribution in [3.63, 3.8) is 0 Å². The van der Waals surface area contributed by atoms with Gasteiger partial charge in [0.05, 0.1) is 0 Å². The summed E-state index contributed by atoms with van der Waals surface area (Å²) < 4.78 is 7.10. The zero-order valence-electron chi connectivity index (χ0n) is 13.0. The fraction of sp³-hybridized carbons (Fsp3) is 0.312. The molecule has 0 fully saturated rings. The lowest BCUT2D eigenvalue weighted by atomic mass is 10.0.